The molecular formula is C38H58O9. The number of allylic oxidation sites excluding steroid dienone is 2. The zero-order valence-electron chi connectivity index (χ0n) is 30.7. The third-order valence-corrected chi connectivity index (χ3v) is 9.48. The summed E-state index contributed by atoms with van der Waals surface area (Å²) < 4.78 is 21.4. The van der Waals surface area contributed by atoms with E-state index in [1.54, 1.807) is 32.9 Å². The first-order valence-corrected chi connectivity index (χ1v) is 16.2. The quantitative estimate of drug-likeness (QED) is 0.0650. The third-order valence-electron chi connectivity index (χ3n) is 9.48. The average molecular weight is 659 g/mol. The van der Waals surface area contributed by atoms with Gasteiger partial charge in [0.1, 0.15) is 26.4 Å². The predicted octanol–water partition coefficient (Wildman–Crippen LogP) is 7.11. The Kier molecular flexibility index (Phi) is 14.7. The number of aliphatic hydroxyl groups is 1. The first-order chi connectivity index (χ1) is 21.4. The Morgan fingerprint density at radius 3 is 1.64 bits per heavy atom. The van der Waals surface area contributed by atoms with Gasteiger partial charge in [0.05, 0.1) is 16.4 Å². The lowest BCUT2D eigenvalue weighted by Gasteiger charge is -2.55. The van der Waals surface area contributed by atoms with Gasteiger partial charge >= 0.3 is 23.9 Å². The first-order valence-electron chi connectivity index (χ1n) is 16.2. The van der Waals surface area contributed by atoms with Crippen LogP contribution in [0.1, 0.15) is 101 Å². The van der Waals surface area contributed by atoms with Crippen LogP contribution in [0, 0.1) is 27.1 Å². The topological polar surface area (TPSA) is 125 Å². The summed E-state index contributed by atoms with van der Waals surface area (Å²) in [6, 6.07) is 9.65. The fraction of sp³-hybridized carbons (Fsp3) is 0.632. The van der Waals surface area contributed by atoms with Crippen LogP contribution in [0.25, 0.3) is 6.08 Å². The minimum Gasteiger partial charge on any atom is -0.462 e. The number of hydrogen-bond donors (Lipinski definition) is 1. The first kappa shape index (κ1) is 41.6. The summed E-state index contributed by atoms with van der Waals surface area (Å²) in [5.74, 6) is -2.13. The second-order valence-electron chi connectivity index (χ2n) is 15.6. The molecule has 0 aromatic heterocycles. The summed E-state index contributed by atoms with van der Waals surface area (Å²) in [7, 11) is 0. The van der Waals surface area contributed by atoms with E-state index in [2.05, 4.69) is 0 Å². The molecule has 0 spiro atoms. The molecule has 1 N–H and O–H groups in total. The largest absolute Gasteiger partial charge is 0.462 e. The summed E-state index contributed by atoms with van der Waals surface area (Å²) >= 11 is 0. The van der Waals surface area contributed by atoms with Crippen molar-refractivity contribution in [2.45, 2.75) is 102 Å². The Morgan fingerprint density at radius 2 is 1.15 bits per heavy atom. The molecule has 3 atom stereocenters. The van der Waals surface area contributed by atoms with Crippen molar-refractivity contribution in [2.24, 2.45) is 27.1 Å². The van der Waals surface area contributed by atoms with Crippen LogP contribution in [0.5, 0.6) is 0 Å². The van der Waals surface area contributed by atoms with Crippen LogP contribution in [0.3, 0.4) is 0 Å². The number of carbonyl (C=O) groups is 4. The predicted molar refractivity (Wildman–Crippen MR) is 183 cm³/mol. The van der Waals surface area contributed by atoms with Crippen molar-refractivity contribution >= 4 is 30.0 Å². The highest BCUT2D eigenvalue weighted by atomic mass is 16.6. The molecule has 9 nitrogen and oxygen atoms in total. The van der Waals surface area contributed by atoms with Gasteiger partial charge in [-0.15, -0.1) is 0 Å². The molecule has 1 rings (SSSR count). The minimum atomic E-state index is -1.58. The zero-order chi connectivity index (χ0) is 36.3. The number of hydrogen-bond acceptors (Lipinski definition) is 9. The monoisotopic (exact) mass is 658 g/mol. The molecule has 0 aliphatic carbocycles. The van der Waals surface area contributed by atoms with Crippen LogP contribution < -0.4 is 0 Å². The summed E-state index contributed by atoms with van der Waals surface area (Å²) in [5.41, 5.74) is -5.10. The highest BCUT2D eigenvalue weighted by Crippen LogP contribution is 2.57. The van der Waals surface area contributed by atoms with E-state index in [0.717, 1.165) is 5.56 Å². The van der Waals surface area contributed by atoms with E-state index in [1.807, 2.05) is 91.8 Å². The van der Waals surface area contributed by atoms with E-state index in [1.165, 1.54) is 13.0 Å². The van der Waals surface area contributed by atoms with E-state index >= 15 is 0 Å². The molecule has 0 aliphatic heterocycles. The highest BCUT2D eigenvalue weighted by molar-refractivity contribution is 5.82. The second kappa shape index (κ2) is 16.6. The third kappa shape index (κ3) is 11.9. The Hall–Kier alpha value is -3.46. The van der Waals surface area contributed by atoms with Gasteiger partial charge in [0, 0.05) is 18.4 Å². The smallest absolute Gasteiger partial charge is 0.330 e. The number of rotatable bonds is 16. The molecule has 0 bridgehead atoms. The lowest BCUT2D eigenvalue weighted by molar-refractivity contribution is -0.200. The summed E-state index contributed by atoms with van der Waals surface area (Å²) in [6.07, 6.45) is 6.78. The van der Waals surface area contributed by atoms with Crippen molar-refractivity contribution in [3.05, 3.63) is 54.1 Å². The SMILES string of the molecule is CC(=O)OCCOC(=O)C(C)(CC(C)(C)C)C(C)(C)C(C)(O)CC(C)(C(=O)OCCOC(=O)/C=C/C=C/c1ccccc1)C(C)(C)C. The van der Waals surface area contributed by atoms with E-state index in [4.69, 9.17) is 18.9 Å². The normalized spacial score (nSPS) is 16.5. The average Bonchev–Trinajstić information content (AvgIpc) is 2.93. The highest BCUT2D eigenvalue weighted by Gasteiger charge is 2.61. The second-order valence-corrected chi connectivity index (χ2v) is 15.6. The maximum atomic E-state index is 13.7. The van der Waals surface area contributed by atoms with Crippen molar-refractivity contribution in [1.82, 2.24) is 0 Å². The van der Waals surface area contributed by atoms with Crippen LogP contribution in [-0.4, -0.2) is 61.0 Å². The molecule has 0 saturated carbocycles. The maximum Gasteiger partial charge on any atom is 0.330 e. The Morgan fingerprint density at radius 1 is 0.660 bits per heavy atom. The van der Waals surface area contributed by atoms with Gasteiger partial charge in [0.15, 0.2) is 0 Å². The molecular weight excluding hydrogens is 600 g/mol. The zero-order valence-corrected chi connectivity index (χ0v) is 30.7. The summed E-state index contributed by atoms with van der Waals surface area (Å²) in [6.45, 7) is 21.2. The molecule has 0 aliphatic rings. The number of ether oxygens (including phenoxy) is 4. The summed E-state index contributed by atoms with van der Waals surface area (Å²) in [5, 5.41) is 12.3. The molecule has 0 saturated heterocycles. The van der Waals surface area contributed by atoms with Gasteiger partial charge in [0.25, 0.3) is 0 Å². The fourth-order valence-corrected chi connectivity index (χ4v) is 5.58. The van der Waals surface area contributed by atoms with Crippen molar-refractivity contribution in [3.8, 4) is 0 Å². The van der Waals surface area contributed by atoms with E-state index in [9.17, 15) is 24.3 Å². The molecule has 0 radical (unpaired) electrons. The van der Waals surface area contributed by atoms with Gasteiger partial charge in [0.2, 0.25) is 0 Å². The van der Waals surface area contributed by atoms with E-state index in [0.29, 0.717) is 6.42 Å². The van der Waals surface area contributed by atoms with Gasteiger partial charge in [-0.25, -0.2) is 4.79 Å². The lowest BCUT2D eigenvalue weighted by atomic mass is 9.50. The summed E-state index contributed by atoms with van der Waals surface area (Å²) in [4.78, 5) is 50.8. The van der Waals surface area contributed by atoms with Crippen LogP contribution in [0.4, 0.5) is 0 Å². The molecule has 3 unspecified atom stereocenters. The number of carbonyl (C=O) groups excluding carboxylic acids is 4. The standard InChI is InChI=1S/C38H58O9/c1-28(39)44-22-24-47-32(42)37(11,26-33(2,3)4)35(8,9)38(12,43)27-36(10,34(5,6)7)31(41)46-25-23-45-30(40)21-17-16-20-29-18-14-13-15-19-29/h13-21,43H,22-27H2,1-12H3/b20-16+,21-17+. The van der Waals surface area contributed by atoms with Gasteiger partial charge < -0.3 is 24.1 Å². The molecule has 0 fully saturated rings. The Balaban J connectivity index is 3.08. The van der Waals surface area contributed by atoms with Crippen molar-refractivity contribution in [2.75, 3.05) is 26.4 Å². The molecule has 9 heteroatoms. The van der Waals surface area contributed by atoms with Gasteiger partial charge in [-0.05, 0) is 50.0 Å². The van der Waals surface area contributed by atoms with Gasteiger partial charge in [-0.2, -0.15) is 0 Å². The minimum absolute atomic E-state index is 0.0356. The van der Waals surface area contributed by atoms with Crippen LogP contribution >= 0.6 is 0 Å². The van der Waals surface area contributed by atoms with Crippen LogP contribution in [-0.2, 0) is 38.1 Å². The van der Waals surface area contributed by atoms with Crippen molar-refractivity contribution in [1.29, 1.82) is 0 Å². The van der Waals surface area contributed by atoms with Crippen LogP contribution in [0.15, 0.2) is 48.6 Å². The fourth-order valence-electron chi connectivity index (χ4n) is 5.58. The Labute approximate surface area is 282 Å². The van der Waals surface area contributed by atoms with E-state index in [-0.39, 0.29) is 38.3 Å². The molecule has 1 aromatic carbocycles. The maximum absolute atomic E-state index is 13.7. The molecule has 47 heavy (non-hydrogen) atoms. The molecule has 0 heterocycles. The van der Waals surface area contributed by atoms with Crippen LogP contribution in [0.2, 0.25) is 0 Å². The number of benzene rings is 1. The molecule has 1 aromatic rings. The van der Waals surface area contributed by atoms with E-state index < -0.39 is 51.1 Å². The van der Waals surface area contributed by atoms with Gasteiger partial charge in [-0.1, -0.05) is 104 Å². The number of esters is 4. The molecule has 0 amide bonds. The van der Waals surface area contributed by atoms with Crippen molar-refractivity contribution < 1.29 is 43.2 Å². The molecule has 264 valence electrons. The van der Waals surface area contributed by atoms with Crippen molar-refractivity contribution in [3.63, 3.8) is 0 Å². The van der Waals surface area contributed by atoms with Gasteiger partial charge in [-0.3, -0.25) is 14.4 Å². The Bertz CT molecular complexity index is 1260. The lowest BCUT2D eigenvalue weighted by Crippen LogP contribution is -2.60.